The number of carbonyl (C=O) groups is 2. The third-order valence-electron chi connectivity index (χ3n) is 5.98. The number of carbonyl (C=O) groups excluding carboxylic acids is 2. The van der Waals surface area contributed by atoms with Crippen LogP contribution in [0.4, 0.5) is 0 Å². The molecule has 4 rings (SSSR count). The fourth-order valence-electron chi connectivity index (χ4n) is 4.25. The lowest BCUT2D eigenvalue weighted by Crippen LogP contribution is -2.46. The van der Waals surface area contributed by atoms with Crippen molar-refractivity contribution < 1.29 is 9.59 Å². The molecule has 2 aromatic heterocycles. The van der Waals surface area contributed by atoms with Crippen molar-refractivity contribution in [3.05, 3.63) is 87.9 Å². The molecule has 0 bridgehead atoms. The zero-order valence-corrected chi connectivity index (χ0v) is 19.2. The van der Waals surface area contributed by atoms with Crippen molar-refractivity contribution in [2.45, 2.75) is 57.7 Å². The number of hydrogen-bond acceptors (Lipinski definition) is 4. The summed E-state index contributed by atoms with van der Waals surface area (Å²) in [4.78, 5) is 34.0. The molecule has 1 aliphatic rings. The molecule has 0 saturated heterocycles. The van der Waals surface area contributed by atoms with Gasteiger partial charge < -0.3 is 10.2 Å². The Bertz CT molecular complexity index is 1010. The zero-order chi connectivity index (χ0) is 22.3. The molecule has 1 fully saturated rings. The fraction of sp³-hybridized carbons (Fsp3) is 0.346. The molecule has 1 unspecified atom stereocenters. The Morgan fingerprint density at radius 2 is 1.81 bits per heavy atom. The van der Waals surface area contributed by atoms with Crippen LogP contribution in [0.3, 0.4) is 0 Å². The van der Waals surface area contributed by atoms with E-state index in [9.17, 15) is 9.59 Å². The lowest BCUT2D eigenvalue weighted by Gasteiger charge is -2.32. The molecule has 3 aromatic rings. The summed E-state index contributed by atoms with van der Waals surface area (Å²) in [7, 11) is 0. The number of aromatic nitrogens is 1. The smallest absolute Gasteiger partial charge is 0.247 e. The maximum absolute atomic E-state index is 13.6. The number of hydrogen-bond donors (Lipinski definition) is 1. The largest absolute Gasteiger partial charge is 0.351 e. The first kappa shape index (κ1) is 22.2. The molecule has 6 heteroatoms. The van der Waals surface area contributed by atoms with Crippen LogP contribution in [-0.2, 0) is 22.6 Å². The van der Waals surface area contributed by atoms with Crippen LogP contribution in [0.2, 0.25) is 0 Å². The second-order valence-corrected chi connectivity index (χ2v) is 9.47. The summed E-state index contributed by atoms with van der Waals surface area (Å²) in [6.45, 7) is 2.41. The van der Waals surface area contributed by atoms with E-state index in [2.05, 4.69) is 10.3 Å². The zero-order valence-electron chi connectivity index (χ0n) is 18.4. The minimum absolute atomic E-state index is 0.0589. The molecular weight excluding hydrogens is 418 g/mol. The molecule has 2 heterocycles. The minimum atomic E-state index is -0.702. The first-order chi connectivity index (χ1) is 15.6. The van der Waals surface area contributed by atoms with E-state index in [1.807, 2.05) is 60.8 Å². The number of nitrogens with zero attached hydrogens (tertiary/aromatic N) is 2. The first-order valence-electron chi connectivity index (χ1n) is 11.2. The summed E-state index contributed by atoms with van der Waals surface area (Å²) in [5.74, 6) is -0.175. The Morgan fingerprint density at radius 1 is 1.09 bits per heavy atom. The summed E-state index contributed by atoms with van der Waals surface area (Å²) in [6, 6.07) is 15.2. The predicted octanol–water partition coefficient (Wildman–Crippen LogP) is 4.82. The van der Waals surface area contributed by atoms with Crippen LogP contribution in [0.5, 0.6) is 0 Å². The van der Waals surface area contributed by atoms with Crippen molar-refractivity contribution in [1.82, 2.24) is 15.2 Å². The molecule has 166 valence electrons. The molecule has 0 spiro atoms. The highest BCUT2D eigenvalue weighted by Crippen LogP contribution is 2.27. The normalized spacial score (nSPS) is 14.8. The van der Waals surface area contributed by atoms with Gasteiger partial charge in [0, 0.05) is 29.9 Å². The van der Waals surface area contributed by atoms with Gasteiger partial charge in [0.05, 0.1) is 6.42 Å². The van der Waals surface area contributed by atoms with E-state index in [0.717, 1.165) is 47.3 Å². The molecule has 0 aliphatic heterocycles. The number of thiophene rings is 1. The van der Waals surface area contributed by atoms with Gasteiger partial charge >= 0.3 is 0 Å². The van der Waals surface area contributed by atoms with Gasteiger partial charge in [0.25, 0.3) is 0 Å². The Kier molecular flexibility index (Phi) is 7.32. The van der Waals surface area contributed by atoms with Crippen LogP contribution < -0.4 is 5.32 Å². The Balaban J connectivity index is 1.67. The fourth-order valence-corrected chi connectivity index (χ4v) is 4.94. The summed E-state index contributed by atoms with van der Waals surface area (Å²) in [5, 5.41) is 5.19. The highest BCUT2D eigenvalue weighted by Gasteiger charge is 2.33. The highest BCUT2D eigenvalue weighted by molar-refractivity contribution is 7.10. The molecule has 32 heavy (non-hydrogen) atoms. The molecule has 2 amide bonds. The second-order valence-electron chi connectivity index (χ2n) is 8.44. The molecule has 1 atom stereocenters. The average Bonchev–Trinajstić information content (AvgIpc) is 3.50. The number of rotatable bonds is 8. The van der Waals surface area contributed by atoms with Crippen LogP contribution in [0.15, 0.2) is 66.3 Å². The monoisotopic (exact) mass is 447 g/mol. The van der Waals surface area contributed by atoms with Crippen molar-refractivity contribution in [3.63, 3.8) is 0 Å². The molecule has 1 N–H and O–H groups in total. The summed E-state index contributed by atoms with van der Waals surface area (Å²) < 4.78 is 0. The maximum Gasteiger partial charge on any atom is 0.247 e. The van der Waals surface area contributed by atoms with Gasteiger partial charge in [-0.25, -0.2) is 0 Å². The SMILES string of the molecule is Cc1ccc(CN(C(=O)Cc2cccs2)C(C(=O)NC2CCCC2)c2ccncc2)cc1. The van der Waals surface area contributed by atoms with Gasteiger partial charge in [0.15, 0.2) is 0 Å². The third-order valence-corrected chi connectivity index (χ3v) is 6.86. The van der Waals surface area contributed by atoms with E-state index < -0.39 is 6.04 Å². The second kappa shape index (κ2) is 10.6. The quantitative estimate of drug-likeness (QED) is 0.538. The predicted molar refractivity (Wildman–Crippen MR) is 127 cm³/mol. The van der Waals surface area contributed by atoms with E-state index in [-0.39, 0.29) is 24.3 Å². The van der Waals surface area contributed by atoms with Crippen LogP contribution >= 0.6 is 11.3 Å². The van der Waals surface area contributed by atoms with E-state index in [0.29, 0.717) is 6.54 Å². The lowest BCUT2D eigenvalue weighted by molar-refractivity contribution is -0.141. The van der Waals surface area contributed by atoms with Crippen LogP contribution in [0.25, 0.3) is 0 Å². The summed E-state index contributed by atoms with van der Waals surface area (Å²) in [5.41, 5.74) is 2.94. The van der Waals surface area contributed by atoms with E-state index in [1.165, 1.54) is 0 Å². The van der Waals surface area contributed by atoms with Gasteiger partial charge in [0.2, 0.25) is 11.8 Å². The molecule has 5 nitrogen and oxygen atoms in total. The molecule has 1 saturated carbocycles. The van der Waals surface area contributed by atoms with Crippen molar-refractivity contribution in [2.24, 2.45) is 0 Å². The number of aryl methyl sites for hydroxylation is 1. The Hall–Kier alpha value is -2.99. The highest BCUT2D eigenvalue weighted by atomic mass is 32.1. The van der Waals surface area contributed by atoms with Crippen molar-refractivity contribution in [2.75, 3.05) is 0 Å². The number of amides is 2. The lowest BCUT2D eigenvalue weighted by atomic mass is 10.0. The first-order valence-corrected chi connectivity index (χ1v) is 12.1. The van der Waals surface area contributed by atoms with Crippen molar-refractivity contribution in [1.29, 1.82) is 0 Å². The number of nitrogens with one attached hydrogen (secondary N) is 1. The summed E-state index contributed by atoms with van der Waals surface area (Å²) in [6.07, 6.45) is 7.90. The van der Waals surface area contributed by atoms with Crippen LogP contribution in [-0.4, -0.2) is 27.7 Å². The number of benzene rings is 1. The van der Waals surface area contributed by atoms with E-state index >= 15 is 0 Å². The maximum atomic E-state index is 13.6. The molecule has 1 aliphatic carbocycles. The average molecular weight is 448 g/mol. The van der Waals surface area contributed by atoms with E-state index in [4.69, 9.17) is 0 Å². The van der Waals surface area contributed by atoms with E-state index in [1.54, 1.807) is 28.6 Å². The standard InChI is InChI=1S/C26H29N3O2S/c1-19-8-10-20(11-9-19)18-29(24(30)17-23-7-4-16-32-23)25(21-12-14-27-15-13-21)26(31)28-22-5-2-3-6-22/h4,7-16,22,25H,2-3,5-6,17-18H2,1H3,(H,28,31). The van der Waals surface area contributed by atoms with Gasteiger partial charge in [-0.2, -0.15) is 0 Å². The van der Waals surface area contributed by atoms with Crippen molar-refractivity contribution in [3.8, 4) is 0 Å². The van der Waals surface area contributed by atoms with Gasteiger partial charge in [-0.1, -0.05) is 48.7 Å². The van der Waals surface area contributed by atoms with Crippen molar-refractivity contribution >= 4 is 23.2 Å². The van der Waals surface area contributed by atoms with Crippen LogP contribution in [0.1, 0.15) is 53.3 Å². The Morgan fingerprint density at radius 3 is 2.47 bits per heavy atom. The topological polar surface area (TPSA) is 62.3 Å². The van der Waals surface area contributed by atoms with Gasteiger partial charge in [-0.3, -0.25) is 14.6 Å². The van der Waals surface area contributed by atoms with Gasteiger partial charge in [-0.15, -0.1) is 11.3 Å². The number of pyridine rings is 1. The molecule has 1 aromatic carbocycles. The Labute approximate surface area is 193 Å². The van der Waals surface area contributed by atoms with Gasteiger partial charge in [-0.05, 0) is 54.5 Å². The van der Waals surface area contributed by atoms with Gasteiger partial charge in [0.1, 0.15) is 6.04 Å². The molecule has 0 radical (unpaired) electrons. The molecular formula is C26H29N3O2S. The van der Waals surface area contributed by atoms with Crippen LogP contribution in [0, 0.1) is 6.92 Å². The minimum Gasteiger partial charge on any atom is -0.351 e. The third kappa shape index (κ3) is 5.62. The summed E-state index contributed by atoms with van der Waals surface area (Å²) >= 11 is 1.56.